The number of carbonyl (C=O) groups is 1. The molecule has 0 saturated carbocycles. The van der Waals surface area contributed by atoms with Crippen LogP contribution in [0.5, 0.6) is 0 Å². The maximum atomic E-state index is 13.6. The molecule has 7 nitrogen and oxygen atoms in total. The van der Waals surface area contributed by atoms with E-state index in [9.17, 15) is 9.18 Å². The molecule has 1 atom stereocenters. The molecule has 0 spiro atoms. The Morgan fingerprint density at radius 3 is 2.67 bits per heavy atom. The van der Waals surface area contributed by atoms with Gasteiger partial charge in [0.25, 0.3) is 0 Å². The zero-order valence-electron chi connectivity index (χ0n) is 14.6. The maximum absolute atomic E-state index is 13.6. The number of aliphatic carboxylic acids is 1. The third-order valence-corrected chi connectivity index (χ3v) is 4.85. The zero-order valence-corrected chi connectivity index (χ0v) is 15.4. The van der Waals surface area contributed by atoms with Gasteiger partial charge in [0.15, 0.2) is 5.82 Å². The van der Waals surface area contributed by atoms with Gasteiger partial charge in [0.2, 0.25) is 0 Å². The van der Waals surface area contributed by atoms with Gasteiger partial charge in [0.1, 0.15) is 11.9 Å². The summed E-state index contributed by atoms with van der Waals surface area (Å²) >= 11 is 0. The van der Waals surface area contributed by atoms with Gasteiger partial charge in [0, 0.05) is 45.0 Å². The predicted molar refractivity (Wildman–Crippen MR) is 104 cm³/mol. The molecule has 3 N–H and O–H groups in total. The van der Waals surface area contributed by atoms with Gasteiger partial charge in [0.05, 0.1) is 16.6 Å². The van der Waals surface area contributed by atoms with Crippen LogP contribution in [0.2, 0.25) is 0 Å². The van der Waals surface area contributed by atoms with E-state index in [2.05, 4.69) is 4.90 Å². The second kappa shape index (κ2) is 7.67. The largest absolute Gasteiger partial charge is 0.480 e. The number of rotatable bonds is 4. The molecule has 144 valence electrons. The van der Waals surface area contributed by atoms with Gasteiger partial charge < -0.3 is 20.1 Å². The first-order valence-corrected chi connectivity index (χ1v) is 8.55. The fraction of sp³-hybridized carbons (Fsp3) is 0.333. The van der Waals surface area contributed by atoms with Gasteiger partial charge in [-0.2, -0.15) is 0 Å². The molecule has 27 heavy (non-hydrogen) atoms. The highest BCUT2D eigenvalue weighted by atomic mass is 35.5. The predicted octanol–water partition coefficient (Wildman–Crippen LogP) is 1.58. The second-order valence-corrected chi connectivity index (χ2v) is 6.56. The van der Waals surface area contributed by atoms with Crippen LogP contribution in [0.25, 0.3) is 16.6 Å². The fourth-order valence-corrected chi connectivity index (χ4v) is 3.47. The minimum Gasteiger partial charge on any atom is -0.480 e. The van der Waals surface area contributed by atoms with Gasteiger partial charge >= 0.3 is 5.97 Å². The lowest BCUT2D eigenvalue weighted by Gasteiger charge is -2.36. The van der Waals surface area contributed by atoms with E-state index in [0.717, 1.165) is 16.9 Å². The number of halogens is 2. The molecule has 1 aliphatic heterocycles. The van der Waals surface area contributed by atoms with Crippen molar-refractivity contribution in [2.75, 3.05) is 37.6 Å². The molecule has 3 heterocycles. The van der Waals surface area contributed by atoms with Gasteiger partial charge in [-0.3, -0.25) is 9.69 Å². The SMILES string of the molecule is Cl.N[C@@H](CN1CCN(c2nc3cc(F)ccc3n3cccc23)CC1)C(=O)O. The van der Waals surface area contributed by atoms with Crippen LogP contribution < -0.4 is 10.6 Å². The Kier molecular flexibility index (Phi) is 5.50. The van der Waals surface area contributed by atoms with E-state index in [1.807, 2.05) is 27.6 Å². The number of piperazine rings is 1. The first-order valence-electron chi connectivity index (χ1n) is 8.55. The van der Waals surface area contributed by atoms with Crippen LogP contribution in [0.3, 0.4) is 0 Å². The van der Waals surface area contributed by atoms with Crippen LogP contribution in [0.1, 0.15) is 0 Å². The van der Waals surface area contributed by atoms with Gasteiger partial charge in [-0.05, 0) is 24.3 Å². The Morgan fingerprint density at radius 2 is 1.96 bits per heavy atom. The summed E-state index contributed by atoms with van der Waals surface area (Å²) in [4.78, 5) is 19.8. The summed E-state index contributed by atoms with van der Waals surface area (Å²) in [5.41, 5.74) is 8.07. The van der Waals surface area contributed by atoms with Crippen molar-refractivity contribution in [3.05, 3.63) is 42.3 Å². The zero-order chi connectivity index (χ0) is 18.3. The van der Waals surface area contributed by atoms with Gasteiger partial charge in [-0.25, -0.2) is 9.37 Å². The molecule has 1 aromatic carbocycles. The maximum Gasteiger partial charge on any atom is 0.321 e. The summed E-state index contributed by atoms with van der Waals surface area (Å²) in [7, 11) is 0. The van der Waals surface area contributed by atoms with Crippen molar-refractivity contribution < 1.29 is 14.3 Å². The average Bonchev–Trinajstić information content (AvgIpc) is 3.11. The van der Waals surface area contributed by atoms with E-state index in [1.165, 1.54) is 12.1 Å². The summed E-state index contributed by atoms with van der Waals surface area (Å²) in [5.74, 6) is -0.481. The normalized spacial score (nSPS) is 16.4. The molecule has 0 radical (unpaired) electrons. The van der Waals surface area contributed by atoms with Crippen molar-refractivity contribution in [2.45, 2.75) is 6.04 Å². The smallest absolute Gasteiger partial charge is 0.321 e. The second-order valence-electron chi connectivity index (χ2n) is 6.56. The minimum atomic E-state index is -0.986. The molecule has 1 fully saturated rings. The number of carboxylic acids is 1. The average molecular weight is 394 g/mol. The highest BCUT2D eigenvalue weighted by Crippen LogP contribution is 2.26. The van der Waals surface area contributed by atoms with E-state index in [0.29, 0.717) is 38.2 Å². The molecule has 1 aliphatic rings. The highest BCUT2D eigenvalue weighted by molar-refractivity contribution is 5.85. The van der Waals surface area contributed by atoms with Crippen LogP contribution in [0, 0.1) is 5.82 Å². The number of nitrogens with two attached hydrogens (primary N) is 1. The Hall–Kier alpha value is -2.42. The Labute approximate surface area is 161 Å². The molecule has 0 aliphatic carbocycles. The Balaban J connectivity index is 0.00000210. The van der Waals surface area contributed by atoms with Crippen LogP contribution in [0.15, 0.2) is 36.5 Å². The number of aromatic nitrogens is 2. The van der Waals surface area contributed by atoms with Crippen molar-refractivity contribution in [2.24, 2.45) is 5.73 Å². The number of hydrogen-bond donors (Lipinski definition) is 2. The molecule has 2 aromatic heterocycles. The first kappa shape index (κ1) is 19.3. The third-order valence-electron chi connectivity index (χ3n) is 4.85. The summed E-state index contributed by atoms with van der Waals surface area (Å²) < 4.78 is 15.7. The molecule has 3 aromatic rings. The number of anilines is 1. The molecule has 0 unspecified atom stereocenters. The summed E-state index contributed by atoms with van der Waals surface area (Å²) in [6.45, 7) is 3.16. The quantitative estimate of drug-likeness (QED) is 0.700. The topological polar surface area (TPSA) is 87.1 Å². The first-order chi connectivity index (χ1) is 12.5. The minimum absolute atomic E-state index is 0. The highest BCUT2D eigenvalue weighted by Gasteiger charge is 2.23. The summed E-state index contributed by atoms with van der Waals surface area (Å²) in [6.07, 6.45) is 1.95. The lowest BCUT2D eigenvalue weighted by molar-refractivity contribution is -0.139. The van der Waals surface area contributed by atoms with Gasteiger partial charge in [-0.15, -0.1) is 12.4 Å². The number of nitrogens with zero attached hydrogens (tertiary/aromatic N) is 4. The number of benzene rings is 1. The van der Waals surface area contributed by atoms with Crippen molar-refractivity contribution in [3.8, 4) is 0 Å². The van der Waals surface area contributed by atoms with Crippen molar-refractivity contribution >= 4 is 40.7 Å². The van der Waals surface area contributed by atoms with Crippen molar-refractivity contribution in [1.29, 1.82) is 0 Å². The Bertz CT molecular complexity index is 971. The monoisotopic (exact) mass is 393 g/mol. The van der Waals surface area contributed by atoms with Crippen molar-refractivity contribution in [3.63, 3.8) is 0 Å². The van der Waals surface area contributed by atoms with E-state index in [4.69, 9.17) is 15.8 Å². The van der Waals surface area contributed by atoms with Crippen LogP contribution >= 0.6 is 12.4 Å². The van der Waals surface area contributed by atoms with E-state index in [1.54, 1.807) is 6.07 Å². The van der Waals surface area contributed by atoms with Crippen LogP contribution in [-0.2, 0) is 4.79 Å². The van der Waals surface area contributed by atoms with Gasteiger partial charge in [-0.1, -0.05) is 0 Å². The lowest BCUT2D eigenvalue weighted by atomic mass is 10.2. The molecule has 4 rings (SSSR count). The molecular weight excluding hydrogens is 373 g/mol. The summed E-state index contributed by atoms with van der Waals surface area (Å²) in [6, 6.07) is 7.69. The summed E-state index contributed by atoms with van der Waals surface area (Å²) in [5, 5.41) is 8.95. The molecule has 0 amide bonds. The third kappa shape index (κ3) is 3.69. The van der Waals surface area contributed by atoms with E-state index in [-0.39, 0.29) is 18.2 Å². The molecule has 1 saturated heterocycles. The number of carboxylic acid groups (broad SMARTS) is 1. The number of fused-ring (bicyclic) bond motifs is 3. The van der Waals surface area contributed by atoms with Crippen LogP contribution in [0.4, 0.5) is 10.2 Å². The van der Waals surface area contributed by atoms with Crippen LogP contribution in [-0.4, -0.2) is 64.1 Å². The molecule has 9 heteroatoms. The number of hydrogen-bond acceptors (Lipinski definition) is 5. The van der Waals surface area contributed by atoms with E-state index < -0.39 is 12.0 Å². The lowest BCUT2D eigenvalue weighted by Crippen LogP contribution is -2.51. The van der Waals surface area contributed by atoms with Crippen molar-refractivity contribution in [1.82, 2.24) is 14.3 Å². The molecule has 0 bridgehead atoms. The van der Waals surface area contributed by atoms with E-state index >= 15 is 0 Å². The molecular formula is C18H21ClFN5O2. The standard InChI is InChI=1S/C18H20FN5O2.ClH/c19-12-3-4-15-14(10-12)21-17(16-2-1-5-24(15)16)23-8-6-22(7-9-23)11-13(20)18(25)26;/h1-5,10,13H,6-9,11,20H2,(H,25,26);1H/t13-;/m0./s1. The fourth-order valence-electron chi connectivity index (χ4n) is 3.47. The Morgan fingerprint density at radius 1 is 1.22 bits per heavy atom.